The van der Waals surface area contributed by atoms with Gasteiger partial charge < -0.3 is 11.1 Å². The van der Waals surface area contributed by atoms with E-state index in [-0.39, 0.29) is 0 Å². The van der Waals surface area contributed by atoms with Crippen molar-refractivity contribution in [3.63, 3.8) is 0 Å². The number of pyridine rings is 1. The van der Waals surface area contributed by atoms with Crippen LogP contribution in [0.1, 0.15) is 23.2 Å². The molecule has 3 N–H and O–H groups in total. The van der Waals surface area contributed by atoms with Gasteiger partial charge in [-0.2, -0.15) is 11.8 Å². The predicted molar refractivity (Wildman–Crippen MR) is 66.7 cm³/mol. The van der Waals surface area contributed by atoms with Gasteiger partial charge in [0.15, 0.2) is 0 Å². The van der Waals surface area contributed by atoms with Gasteiger partial charge in [0.1, 0.15) is 5.82 Å². The topological polar surface area (TPSA) is 68.0 Å². The zero-order valence-corrected chi connectivity index (χ0v) is 10.0. The van der Waals surface area contributed by atoms with Crippen LogP contribution in [0, 0.1) is 0 Å². The molecule has 0 atom stereocenters. The molecule has 0 unspecified atom stereocenters. The number of amides is 1. The van der Waals surface area contributed by atoms with Crippen molar-refractivity contribution in [3.05, 3.63) is 23.9 Å². The molecule has 5 heteroatoms. The zero-order chi connectivity index (χ0) is 11.6. The molecule has 0 aromatic carbocycles. The second kappa shape index (κ2) is 4.33. The van der Waals surface area contributed by atoms with Crippen molar-refractivity contribution in [2.75, 3.05) is 18.1 Å². The number of anilines is 1. The lowest BCUT2D eigenvalue weighted by molar-refractivity contribution is 0.1000. The first kappa shape index (κ1) is 11.3. The summed E-state index contributed by atoms with van der Waals surface area (Å²) in [5.41, 5.74) is 5.58. The van der Waals surface area contributed by atoms with Crippen molar-refractivity contribution in [1.82, 2.24) is 4.98 Å². The molecule has 16 heavy (non-hydrogen) atoms. The van der Waals surface area contributed by atoms with Crippen molar-refractivity contribution >= 4 is 23.5 Å². The van der Waals surface area contributed by atoms with Crippen LogP contribution in [0.15, 0.2) is 18.3 Å². The maximum absolute atomic E-state index is 10.8. The van der Waals surface area contributed by atoms with Crippen molar-refractivity contribution in [2.24, 2.45) is 5.73 Å². The standard InChI is InChI=1S/C11H15N3OS/c1-16-11(4-5-11)7-14-9-3-2-8(6-13-9)10(12)15/h2-3,6H,4-5,7H2,1H3,(H2,12,15)(H,13,14). The highest BCUT2D eigenvalue weighted by Gasteiger charge is 2.41. The van der Waals surface area contributed by atoms with Gasteiger partial charge in [-0.05, 0) is 31.2 Å². The fourth-order valence-corrected chi connectivity index (χ4v) is 2.22. The molecule has 1 fully saturated rings. The Morgan fingerprint density at radius 2 is 2.38 bits per heavy atom. The van der Waals surface area contributed by atoms with Gasteiger partial charge in [0.2, 0.25) is 5.91 Å². The van der Waals surface area contributed by atoms with Crippen LogP contribution in [0.4, 0.5) is 5.82 Å². The first-order valence-electron chi connectivity index (χ1n) is 5.20. The minimum atomic E-state index is -0.443. The molecule has 0 radical (unpaired) electrons. The fraction of sp³-hybridized carbons (Fsp3) is 0.455. The summed E-state index contributed by atoms with van der Waals surface area (Å²) < 4.78 is 0.407. The summed E-state index contributed by atoms with van der Waals surface area (Å²) in [6, 6.07) is 3.48. The maximum atomic E-state index is 10.8. The number of hydrogen-bond acceptors (Lipinski definition) is 4. The van der Waals surface area contributed by atoms with E-state index in [1.807, 2.05) is 11.8 Å². The zero-order valence-electron chi connectivity index (χ0n) is 9.19. The van der Waals surface area contributed by atoms with Crippen LogP contribution in [0.5, 0.6) is 0 Å². The number of carbonyl (C=O) groups is 1. The van der Waals surface area contributed by atoms with Gasteiger partial charge in [0.05, 0.1) is 5.56 Å². The third-order valence-electron chi connectivity index (χ3n) is 2.88. The molecule has 1 aliphatic rings. The molecule has 1 heterocycles. The summed E-state index contributed by atoms with van der Waals surface area (Å²) in [6.45, 7) is 0.928. The van der Waals surface area contributed by atoms with Gasteiger partial charge in [-0.15, -0.1) is 0 Å². The second-order valence-electron chi connectivity index (χ2n) is 4.04. The average molecular weight is 237 g/mol. The number of nitrogens with one attached hydrogen (secondary N) is 1. The molecular formula is C11H15N3OS. The Bertz CT molecular complexity index is 387. The number of rotatable bonds is 5. The monoisotopic (exact) mass is 237 g/mol. The molecule has 2 rings (SSSR count). The fourth-order valence-electron chi connectivity index (χ4n) is 1.49. The predicted octanol–water partition coefficient (Wildman–Crippen LogP) is 1.49. The maximum Gasteiger partial charge on any atom is 0.250 e. The van der Waals surface area contributed by atoms with Crippen molar-refractivity contribution < 1.29 is 4.79 Å². The number of primary amides is 1. The van der Waals surface area contributed by atoms with Crippen molar-refractivity contribution in [2.45, 2.75) is 17.6 Å². The molecule has 0 spiro atoms. The molecule has 1 amide bonds. The number of nitrogens with two attached hydrogens (primary N) is 1. The van der Waals surface area contributed by atoms with Gasteiger partial charge >= 0.3 is 0 Å². The van der Waals surface area contributed by atoms with E-state index in [1.165, 1.54) is 19.0 Å². The Kier molecular flexibility index (Phi) is 3.05. The van der Waals surface area contributed by atoms with Gasteiger partial charge in [0.25, 0.3) is 0 Å². The molecule has 1 aromatic heterocycles. The van der Waals surface area contributed by atoms with E-state index in [9.17, 15) is 4.79 Å². The van der Waals surface area contributed by atoms with Crippen LogP contribution in [-0.4, -0.2) is 28.4 Å². The van der Waals surface area contributed by atoms with Gasteiger partial charge in [-0.3, -0.25) is 4.79 Å². The highest BCUT2D eigenvalue weighted by Crippen LogP contribution is 2.46. The molecule has 1 aliphatic carbocycles. The van der Waals surface area contributed by atoms with E-state index >= 15 is 0 Å². The van der Waals surface area contributed by atoms with Crippen LogP contribution in [0.3, 0.4) is 0 Å². The number of carbonyl (C=O) groups excluding carboxylic acids is 1. The van der Waals surface area contributed by atoms with Gasteiger partial charge in [0, 0.05) is 17.5 Å². The first-order chi connectivity index (χ1) is 7.65. The van der Waals surface area contributed by atoms with E-state index in [4.69, 9.17) is 5.73 Å². The second-order valence-corrected chi connectivity index (χ2v) is 5.31. The summed E-state index contributed by atoms with van der Waals surface area (Å²) >= 11 is 1.90. The number of nitrogens with zero attached hydrogens (tertiary/aromatic N) is 1. The van der Waals surface area contributed by atoms with E-state index in [1.54, 1.807) is 12.1 Å². The van der Waals surface area contributed by atoms with Crippen molar-refractivity contribution in [3.8, 4) is 0 Å². The quantitative estimate of drug-likeness (QED) is 0.814. The molecule has 1 aromatic rings. The minimum absolute atomic E-state index is 0.407. The lowest BCUT2D eigenvalue weighted by Gasteiger charge is -2.13. The summed E-state index contributed by atoms with van der Waals surface area (Å²) in [7, 11) is 0. The Hall–Kier alpha value is -1.23. The number of hydrogen-bond donors (Lipinski definition) is 2. The van der Waals surface area contributed by atoms with E-state index in [0.717, 1.165) is 12.4 Å². The van der Waals surface area contributed by atoms with Gasteiger partial charge in [-0.25, -0.2) is 4.98 Å². The van der Waals surface area contributed by atoms with Crippen LogP contribution >= 0.6 is 11.8 Å². The van der Waals surface area contributed by atoms with E-state index in [0.29, 0.717) is 10.3 Å². The molecule has 86 valence electrons. The minimum Gasteiger partial charge on any atom is -0.369 e. The molecule has 0 bridgehead atoms. The summed E-state index contributed by atoms with van der Waals surface area (Å²) in [5, 5.41) is 3.28. The highest BCUT2D eigenvalue weighted by molar-refractivity contribution is 8.00. The van der Waals surface area contributed by atoms with E-state index in [2.05, 4.69) is 16.6 Å². The molecule has 0 aliphatic heterocycles. The van der Waals surface area contributed by atoms with Crippen LogP contribution < -0.4 is 11.1 Å². The molecule has 4 nitrogen and oxygen atoms in total. The summed E-state index contributed by atoms with van der Waals surface area (Å²) in [4.78, 5) is 15.0. The van der Waals surface area contributed by atoms with Crippen LogP contribution in [0.2, 0.25) is 0 Å². The Balaban J connectivity index is 1.93. The molecular weight excluding hydrogens is 222 g/mol. The number of thioether (sulfide) groups is 1. The smallest absolute Gasteiger partial charge is 0.250 e. The first-order valence-corrected chi connectivity index (χ1v) is 6.43. The average Bonchev–Trinajstić information content (AvgIpc) is 3.08. The Labute approximate surface area is 99.0 Å². The third-order valence-corrected chi connectivity index (χ3v) is 4.30. The summed E-state index contributed by atoms with van der Waals surface area (Å²) in [5.74, 6) is 0.354. The Morgan fingerprint density at radius 1 is 1.62 bits per heavy atom. The van der Waals surface area contributed by atoms with Crippen LogP contribution in [-0.2, 0) is 0 Å². The largest absolute Gasteiger partial charge is 0.369 e. The number of aromatic nitrogens is 1. The SMILES string of the molecule is CSC1(CNc2ccc(C(N)=O)cn2)CC1. The lowest BCUT2D eigenvalue weighted by atomic mass is 10.3. The summed E-state index contributed by atoms with van der Waals surface area (Å²) in [6.07, 6.45) is 6.17. The lowest BCUT2D eigenvalue weighted by Crippen LogP contribution is -2.18. The molecule has 1 saturated carbocycles. The third kappa shape index (κ3) is 2.47. The highest BCUT2D eigenvalue weighted by atomic mass is 32.2. The van der Waals surface area contributed by atoms with Crippen molar-refractivity contribution in [1.29, 1.82) is 0 Å². The normalized spacial score (nSPS) is 16.8. The Morgan fingerprint density at radius 3 is 2.81 bits per heavy atom. The molecule has 0 saturated heterocycles. The van der Waals surface area contributed by atoms with Gasteiger partial charge in [-0.1, -0.05) is 0 Å². The van der Waals surface area contributed by atoms with E-state index < -0.39 is 5.91 Å². The van der Waals surface area contributed by atoms with Crippen LogP contribution in [0.25, 0.3) is 0 Å².